The van der Waals surface area contributed by atoms with Crippen molar-refractivity contribution in [2.45, 2.75) is 13.3 Å². The molecule has 0 radical (unpaired) electrons. The van der Waals surface area contributed by atoms with E-state index in [2.05, 4.69) is 10.3 Å². The normalized spacial score (nSPS) is 10.7. The maximum absolute atomic E-state index is 13.5. The molecular weight excluding hydrogens is 323 g/mol. The summed E-state index contributed by atoms with van der Waals surface area (Å²) >= 11 is 0. The van der Waals surface area contributed by atoms with Crippen LogP contribution in [-0.2, 0) is 11.2 Å². The first-order valence-corrected chi connectivity index (χ1v) is 7.80. The summed E-state index contributed by atoms with van der Waals surface area (Å²) < 4.78 is 24.0. The van der Waals surface area contributed by atoms with Crippen LogP contribution in [0.2, 0.25) is 0 Å². The second-order valence-corrected chi connectivity index (χ2v) is 5.71. The van der Waals surface area contributed by atoms with E-state index in [4.69, 9.17) is 9.47 Å². The Morgan fingerprint density at radius 3 is 2.68 bits per heavy atom. The number of halogens is 1. The number of hydrogen-bond donors (Lipinski definition) is 2. The first-order chi connectivity index (χ1) is 12.0. The quantitative estimate of drug-likeness (QED) is 0.741. The van der Waals surface area contributed by atoms with Crippen LogP contribution < -0.4 is 14.8 Å². The smallest absolute Gasteiger partial charge is 0.228 e. The van der Waals surface area contributed by atoms with Gasteiger partial charge >= 0.3 is 0 Å². The lowest BCUT2D eigenvalue weighted by molar-refractivity contribution is -0.115. The van der Waals surface area contributed by atoms with Crippen LogP contribution in [0.15, 0.2) is 36.4 Å². The van der Waals surface area contributed by atoms with E-state index in [0.717, 1.165) is 16.8 Å². The fourth-order valence-corrected chi connectivity index (χ4v) is 2.84. The Hall–Kier alpha value is -3.02. The van der Waals surface area contributed by atoms with Gasteiger partial charge in [0.1, 0.15) is 17.3 Å². The SMILES string of the molecule is COc1ccc(NC(=O)Cc2c(C)[nH]c3ccc(F)cc23)c(OC)c1. The van der Waals surface area contributed by atoms with E-state index in [1.807, 2.05) is 6.92 Å². The first-order valence-electron chi connectivity index (χ1n) is 7.80. The van der Waals surface area contributed by atoms with Gasteiger partial charge in [0.2, 0.25) is 5.91 Å². The van der Waals surface area contributed by atoms with Crippen LogP contribution in [0.25, 0.3) is 10.9 Å². The third-order valence-corrected chi connectivity index (χ3v) is 4.10. The number of aryl methyl sites for hydroxylation is 1. The number of nitrogens with one attached hydrogen (secondary N) is 2. The molecule has 2 N–H and O–H groups in total. The van der Waals surface area contributed by atoms with E-state index in [9.17, 15) is 9.18 Å². The monoisotopic (exact) mass is 342 g/mol. The summed E-state index contributed by atoms with van der Waals surface area (Å²) in [5, 5.41) is 3.55. The molecule has 3 aromatic rings. The summed E-state index contributed by atoms with van der Waals surface area (Å²) in [7, 11) is 3.09. The van der Waals surface area contributed by atoms with Crippen LogP contribution in [0, 0.1) is 12.7 Å². The van der Waals surface area contributed by atoms with Crippen molar-refractivity contribution in [2.75, 3.05) is 19.5 Å². The molecule has 0 atom stereocenters. The number of ether oxygens (including phenoxy) is 2. The summed E-state index contributed by atoms with van der Waals surface area (Å²) in [6, 6.07) is 9.66. The highest BCUT2D eigenvalue weighted by molar-refractivity contribution is 5.97. The molecule has 25 heavy (non-hydrogen) atoms. The first kappa shape index (κ1) is 16.8. The van der Waals surface area contributed by atoms with E-state index in [1.165, 1.54) is 19.2 Å². The van der Waals surface area contributed by atoms with Crippen molar-refractivity contribution in [3.05, 3.63) is 53.5 Å². The van der Waals surface area contributed by atoms with Gasteiger partial charge in [-0.1, -0.05) is 0 Å². The summed E-state index contributed by atoms with van der Waals surface area (Å²) in [5.74, 6) is 0.605. The Morgan fingerprint density at radius 2 is 1.96 bits per heavy atom. The zero-order valence-corrected chi connectivity index (χ0v) is 14.3. The summed E-state index contributed by atoms with van der Waals surface area (Å²) in [4.78, 5) is 15.7. The Labute approximate surface area is 144 Å². The topological polar surface area (TPSA) is 63.3 Å². The number of aromatic nitrogens is 1. The van der Waals surface area contributed by atoms with E-state index in [-0.39, 0.29) is 18.1 Å². The molecule has 0 aliphatic carbocycles. The number of carbonyl (C=O) groups is 1. The number of benzene rings is 2. The average molecular weight is 342 g/mol. The number of H-pyrrole nitrogens is 1. The molecule has 0 aliphatic heterocycles. The zero-order valence-electron chi connectivity index (χ0n) is 14.3. The van der Waals surface area contributed by atoms with Crippen molar-refractivity contribution in [2.24, 2.45) is 0 Å². The van der Waals surface area contributed by atoms with Crippen molar-refractivity contribution in [1.82, 2.24) is 4.98 Å². The second kappa shape index (κ2) is 6.84. The molecule has 130 valence electrons. The summed E-state index contributed by atoms with van der Waals surface area (Å²) in [5.41, 5.74) is 2.98. The molecule has 0 saturated heterocycles. The molecule has 0 unspecified atom stereocenters. The lowest BCUT2D eigenvalue weighted by Gasteiger charge is -2.11. The molecule has 6 heteroatoms. The fourth-order valence-electron chi connectivity index (χ4n) is 2.84. The number of methoxy groups -OCH3 is 2. The number of hydrogen-bond acceptors (Lipinski definition) is 3. The highest BCUT2D eigenvalue weighted by Gasteiger charge is 2.15. The van der Waals surface area contributed by atoms with E-state index in [1.54, 1.807) is 31.4 Å². The molecule has 0 saturated carbocycles. The number of rotatable bonds is 5. The number of fused-ring (bicyclic) bond motifs is 1. The number of aromatic amines is 1. The van der Waals surface area contributed by atoms with Crippen LogP contribution in [-0.4, -0.2) is 25.1 Å². The predicted molar refractivity (Wildman–Crippen MR) is 94.9 cm³/mol. The van der Waals surface area contributed by atoms with E-state index < -0.39 is 0 Å². The molecule has 2 aromatic carbocycles. The zero-order chi connectivity index (χ0) is 18.0. The number of amides is 1. The standard InChI is InChI=1S/C19H19FN2O3/c1-11-14(15-8-12(20)4-6-16(15)21-11)10-19(23)22-17-7-5-13(24-2)9-18(17)25-3/h4-9,21H,10H2,1-3H3,(H,22,23). The van der Waals surface area contributed by atoms with Crippen molar-refractivity contribution in [3.8, 4) is 11.5 Å². The van der Waals surface area contributed by atoms with Crippen LogP contribution in [0.3, 0.4) is 0 Å². The fraction of sp³-hybridized carbons (Fsp3) is 0.211. The average Bonchev–Trinajstić information content (AvgIpc) is 2.90. The van der Waals surface area contributed by atoms with Crippen LogP contribution >= 0.6 is 0 Å². The Kier molecular flexibility index (Phi) is 4.61. The van der Waals surface area contributed by atoms with Gasteiger partial charge in [0.25, 0.3) is 0 Å². The third kappa shape index (κ3) is 3.42. The maximum atomic E-state index is 13.5. The Bertz CT molecular complexity index is 934. The molecule has 0 bridgehead atoms. The molecule has 0 fully saturated rings. The van der Waals surface area contributed by atoms with Crippen LogP contribution in [0.5, 0.6) is 11.5 Å². The van der Waals surface area contributed by atoms with Gasteiger partial charge in [-0.15, -0.1) is 0 Å². The maximum Gasteiger partial charge on any atom is 0.228 e. The van der Waals surface area contributed by atoms with Crippen molar-refractivity contribution >= 4 is 22.5 Å². The van der Waals surface area contributed by atoms with Gasteiger partial charge in [-0.25, -0.2) is 4.39 Å². The minimum absolute atomic E-state index is 0.129. The van der Waals surface area contributed by atoms with Gasteiger partial charge in [0, 0.05) is 22.7 Å². The van der Waals surface area contributed by atoms with Gasteiger partial charge in [-0.2, -0.15) is 0 Å². The predicted octanol–water partition coefficient (Wildman–Crippen LogP) is 3.81. The Balaban J connectivity index is 1.84. The minimum Gasteiger partial charge on any atom is -0.497 e. The third-order valence-electron chi connectivity index (χ3n) is 4.10. The van der Waals surface area contributed by atoms with Gasteiger partial charge in [-0.3, -0.25) is 4.79 Å². The Morgan fingerprint density at radius 1 is 1.16 bits per heavy atom. The summed E-state index contributed by atoms with van der Waals surface area (Å²) in [6.07, 6.45) is 0.129. The van der Waals surface area contributed by atoms with Crippen LogP contribution in [0.4, 0.5) is 10.1 Å². The molecular formula is C19H19FN2O3. The lowest BCUT2D eigenvalue weighted by Crippen LogP contribution is -2.15. The lowest BCUT2D eigenvalue weighted by atomic mass is 10.1. The van der Waals surface area contributed by atoms with E-state index >= 15 is 0 Å². The highest BCUT2D eigenvalue weighted by atomic mass is 19.1. The second-order valence-electron chi connectivity index (χ2n) is 5.71. The van der Waals surface area contributed by atoms with Crippen molar-refractivity contribution in [3.63, 3.8) is 0 Å². The molecule has 3 rings (SSSR count). The van der Waals surface area contributed by atoms with Gasteiger partial charge < -0.3 is 19.8 Å². The molecule has 0 spiro atoms. The number of anilines is 1. The molecule has 5 nitrogen and oxygen atoms in total. The molecule has 1 amide bonds. The molecule has 1 aromatic heterocycles. The molecule has 0 aliphatic rings. The van der Waals surface area contributed by atoms with Crippen molar-refractivity contribution < 1.29 is 18.7 Å². The van der Waals surface area contributed by atoms with Gasteiger partial charge in [0.15, 0.2) is 0 Å². The van der Waals surface area contributed by atoms with Crippen molar-refractivity contribution in [1.29, 1.82) is 0 Å². The van der Waals surface area contributed by atoms with Gasteiger partial charge in [-0.05, 0) is 42.8 Å². The van der Waals surface area contributed by atoms with E-state index in [0.29, 0.717) is 22.6 Å². The number of carbonyl (C=O) groups excluding carboxylic acids is 1. The van der Waals surface area contributed by atoms with Crippen LogP contribution in [0.1, 0.15) is 11.3 Å². The molecule has 1 heterocycles. The minimum atomic E-state index is -0.329. The summed E-state index contributed by atoms with van der Waals surface area (Å²) in [6.45, 7) is 1.87. The largest absolute Gasteiger partial charge is 0.497 e. The van der Waals surface area contributed by atoms with Gasteiger partial charge in [0.05, 0.1) is 26.3 Å². The highest BCUT2D eigenvalue weighted by Crippen LogP contribution is 2.30.